The van der Waals surface area contributed by atoms with Crippen molar-refractivity contribution in [3.63, 3.8) is 0 Å². The van der Waals surface area contributed by atoms with Crippen molar-refractivity contribution in [2.24, 2.45) is 5.41 Å². The Bertz CT molecular complexity index is 399. The molecule has 0 spiro atoms. The normalized spacial score (nSPS) is 16.8. The van der Waals surface area contributed by atoms with E-state index < -0.39 is 0 Å². The summed E-state index contributed by atoms with van der Waals surface area (Å²) in [4.78, 5) is 15.8. The Kier molecular flexibility index (Phi) is 2.81. The number of anilines is 1. The zero-order valence-corrected chi connectivity index (χ0v) is 9.49. The average molecular weight is 219 g/mol. The molecule has 1 amide bonds. The third-order valence-electron chi connectivity index (χ3n) is 3.35. The number of nitrogen functional groups attached to an aromatic ring is 1. The lowest BCUT2D eigenvalue weighted by Crippen LogP contribution is -2.30. The predicted molar refractivity (Wildman–Crippen MR) is 62.9 cm³/mol. The number of nitrogens with two attached hydrogens (primary N) is 1. The second-order valence-corrected chi connectivity index (χ2v) is 4.51. The Morgan fingerprint density at radius 3 is 2.94 bits per heavy atom. The summed E-state index contributed by atoms with van der Waals surface area (Å²) < 4.78 is 0. The summed E-state index contributed by atoms with van der Waals surface area (Å²) in [6.07, 6.45) is 5.11. The van der Waals surface area contributed by atoms with Gasteiger partial charge in [-0.05, 0) is 36.8 Å². The molecule has 1 aromatic heterocycles. The van der Waals surface area contributed by atoms with E-state index in [1.165, 1.54) is 12.8 Å². The largest absolute Gasteiger partial charge is 0.399 e. The lowest BCUT2D eigenvalue weighted by molar-refractivity contribution is 0.0939. The van der Waals surface area contributed by atoms with Crippen LogP contribution in [0.5, 0.6) is 0 Å². The Hall–Kier alpha value is -1.58. The molecule has 0 saturated heterocycles. The van der Waals surface area contributed by atoms with Crippen LogP contribution < -0.4 is 11.1 Å². The van der Waals surface area contributed by atoms with Crippen LogP contribution in [0.3, 0.4) is 0 Å². The summed E-state index contributed by atoms with van der Waals surface area (Å²) in [7, 11) is 0. The standard InChI is InChI=1S/C12H17N3O/c1-2-12(4-5-12)8-15-11(16)10-7-9(13)3-6-14-10/h3,6-7H,2,4-5,8H2,1H3,(H2,13,14)(H,15,16). The fraction of sp³-hybridized carbons (Fsp3) is 0.500. The number of aromatic nitrogens is 1. The predicted octanol–water partition coefficient (Wildman–Crippen LogP) is 1.58. The molecule has 1 aromatic rings. The van der Waals surface area contributed by atoms with Crippen LogP contribution in [0.2, 0.25) is 0 Å². The second kappa shape index (κ2) is 4.12. The molecule has 3 N–H and O–H groups in total. The summed E-state index contributed by atoms with van der Waals surface area (Å²) in [5.41, 5.74) is 6.92. The Labute approximate surface area is 95.3 Å². The summed E-state index contributed by atoms with van der Waals surface area (Å²) in [5, 5.41) is 2.92. The van der Waals surface area contributed by atoms with E-state index in [0.29, 0.717) is 16.8 Å². The van der Waals surface area contributed by atoms with Crippen molar-refractivity contribution in [2.75, 3.05) is 12.3 Å². The van der Waals surface area contributed by atoms with Crippen LogP contribution in [0.4, 0.5) is 5.69 Å². The van der Waals surface area contributed by atoms with Crippen LogP contribution >= 0.6 is 0 Å². The molecule has 4 nitrogen and oxygen atoms in total. The number of carbonyl (C=O) groups is 1. The van der Waals surface area contributed by atoms with Gasteiger partial charge in [0.05, 0.1) is 0 Å². The van der Waals surface area contributed by atoms with Crippen molar-refractivity contribution in [3.05, 3.63) is 24.0 Å². The minimum atomic E-state index is -0.132. The van der Waals surface area contributed by atoms with Crippen LogP contribution in [-0.2, 0) is 0 Å². The zero-order valence-electron chi connectivity index (χ0n) is 9.49. The van der Waals surface area contributed by atoms with Crippen LogP contribution in [-0.4, -0.2) is 17.4 Å². The van der Waals surface area contributed by atoms with E-state index >= 15 is 0 Å². The van der Waals surface area contributed by atoms with Gasteiger partial charge in [-0.15, -0.1) is 0 Å². The van der Waals surface area contributed by atoms with Crippen molar-refractivity contribution in [1.29, 1.82) is 0 Å². The van der Waals surface area contributed by atoms with E-state index in [4.69, 9.17) is 5.73 Å². The number of amides is 1. The summed E-state index contributed by atoms with van der Waals surface area (Å²) in [6.45, 7) is 2.91. The number of hydrogen-bond acceptors (Lipinski definition) is 3. The molecule has 1 heterocycles. The third kappa shape index (κ3) is 2.32. The molecule has 86 valence electrons. The van der Waals surface area contributed by atoms with E-state index in [2.05, 4.69) is 17.2 Å². The van der Waals surface area contributed by atoms with E-state index in [1.54, 1.807) is 18.3 Å². The lowest BCUT2D eigenvalue weighted by Gasteiger charge is -2.13. The number of pyridine rings is 1. The molecule has 2 rings (SSSR count). The van der Waals surface area contributed by atoms with Crippen molar-refractivity contribution >= 4 is 11.6 Å². The van der Waals surface area contributed by atoms with Gasteiger partial charge in [0, 0.05) is 18.4 Å². The number of carbonyl (C=O) groups excluding carboxylic acids is 1. The maximum atomic E-state index is 11.8. The third-order valence-corrected chi connectivity index (χ3v) is 3.35. The highest BCUT2D eigenvalue weighted by Gasteiger charge is 2.40. The van der Waals surface area contributed by atoms with Gasteiger partial charge in [0.1, 0.15) is 5.69 Å². The van der Waals surface area contributed by atoms with Crippen LogP contribution in [0.25, 0.3) is 0 Å². The minimum absolute atomic E-state index is 0.132. The molecule has 1 fully saturated rings. The first kappa shape index (κ1) is 10.9. The highest BCUT2D eigenvalue weighted by molar-refractivity contribution is 5.93. The second-order valence-electron chi connectivity index (χ2n) is 4.51. The van der Waals surface area contributed by atoms with Gasteiger partial charge >= 0.3 is 0 Å². The molecular formula is C12H17N3O. The summed E-state index contributed by atoms with van der Waals surface area (Å²) in [6, 6.07) is 3.27. The van der Waals surface area contributed by atoms with Crippen molar-refractivity contribution in [3.8, 4) is 0 Å². The molecule has 0 radical (unpaired) electrons. The molecule has 1 aliphatic rings. The first-order valence-corrected chi connectivity index (χ1v) is 5.65. The Balaban J connectivity index is 1.93. The molecule has 0 aromatic carbocycles. The fourth-order valence-corrected chi connectivity index (χ4v) is 1.76. The first-order chi connectivity index (χ1) is 7.65. The van der Waals surface area contributed by atoms with Gasteiger partial charge in [0.15, 0.2) is 0 Å². The molecule has 1 saturated carbocycles. The number of nitrogens with zero attached hydrogens (tertiary/aromatic N) is 1. The Morgan fingerprint density at radius 2 is 2.38 bits per heavy atom. The molecule has 4 heteroatoms. The number of rotatable bonds is 4. The first-order valence-electron chi connectivity index (χ1n) is 5.65. The van der Waals surface area contributed by atoms with Crippen molar-refractivity contribution in [2.45, 2.75) is 26.2 Å². The smallest absolute Gasteiger partial charge is 0.269 e. The van der Waals surface area contributed by atoms with Gasteiger partial charge in [0.25, 0.3) is 5.91 Å². The fourth-order valence-electron chi connectivity index (χ4n) is 1.76. The van der Waals surface area contributed by atoms with Gasteiger partial charge < -0.3 is 11.1 Å². The van der Waals surface area contributed by atoms with Gasteiger partial charge in [-0.1, -0.05) is 6.92 Å². The van der Waals surface area contributed by atoms with Crippen molar-refractivity contribution < 1.29 is 4.79 Å². The monoisotopic (exact) mass is 219 g/mol. The van der Waals surface area contributed by atoms with Gasteiger partial charge in [-0.2, -0.15) is 0 Å². The highest BCUT2D eigenvalue weighted by Crippen LogP contribution is 2.47. The van der Waals surface area contributed by atoms with E-state index in [1.807, 2.05) is 0 Å². The highest BCUT2D eigenvalue weighted by atomic mass is 16.1. The maximum Gasteiger partial charge on any atom is 0.269 e. The molecule has 0 atom stereocenters. The number of hydrogen-bond donors (Lipinski definition) is 2. The average Bonchev–Trinajstić information content (AvgIpc) is 3.07. The topological polar surface area (TPSA) is 68.0 Å². The molecule has 0 aliphatic heterocycles. The van der Waals surface area contributed by atoms with Gasteiger partial charge in [0.2, 0.25) is 0 Å². The maximum absolute atomic E-state index is 11.8. The molecule has 16 heavy (non-hydrogen) atoms. The van der Waals surface area contributed by atoms with Gasteiger partial charge in [-0.25, -0.2) is 0 Å². The quantitative estimate of drug-likeness (QED) is 0.808. The Morgan fingerprint density at radius 1 is 1.62 bits per heavy atom. The van der Waals surface area contributed by atoms with Crippen LogP contribution in [0.1, 0.15) is 36.7 Å². The summed E-state index contributed by atoms with van der Waals surface area (Å²) >= 11 is 0. The van der Waals surface area contributed by atoms with Crippen LogP contribution in [0.15, 0.2) is 18.3 Å². The SMILES string of the molecule is CCC1(CNC(=O)c2cc(N)ccn2)CC1. The molecule has 0 bridgehead atoms. The lowest BCUT2D eigenvalue weighted by atomic mass is 10.0. The number of nitrogens with one attached hydrogen (secondary N) is 1. The van der Waals surface area contributed by atoms with Crippen LogP contribution in [0, 0.1) is 5.41 Å². The van der Waals surface area contributed by atoms with E-state index in [9.17, 15) is 4.79 Å². The molecule has 0 unspecified atom stereocenters. The van der Waals surface area contributed by atoms with E-state index in [0.717, 1.165) is 13.0 Å². The van der Waals surface area contributed by atoms with Gasteiger partial charge in [-0.3, -0.25) is 9.78 Å². The summed E-state index contributed by atoms with van der Waals surface area (Å²) in [5.74, 6) is -0.132. The molecular weight excluding hydrogens is 202 g/mol. The zero-order chi connectivity index (χ0) is 11.6. The van der Waals surface area contributed by atoms with E-state index in [-0.39, 0.29) is 5.91 Å². The minimum Gasteiger partial charge on any atom is -0.399 e. The molecule has 1 aliphatic carbocycles. The van der Waals surface area contributed by atoms with Crippen molar-refractivity contribution in [1.82, 2.24) is 10.3 Å².